The minimum atomic E-state index is 0.0375. The zero-order valence-electron chi connectivity index (χ0n) is 10.0. The van der Waals surface area contributed by atoms with Crippen molar-refractivity contribution >= 4 is 17.2 Å². The molecule has 1 amide bonds. The Balaban J connectivity index is 2.64. The van der Waals surface area contributed by atoms with Gasteiger partial charge < -0.3 is 5.32 Å². The van der Waals surface area contributed by atoms with E-state index in [0.29, 0.717) is 0 Å². The van der Waals surface area contributed by atoms with E-state index >= 15 is 0 Å². The molecule has 1 aromatic heterocycles. The maximum absolute atomic E-state index is 11.8. The molecule has 1 N–H and O–H groups in total. The Morgan fingerprint density at radius 3 is 2.40 bits per heavy atom. The normalized spacial score (nSPS) is 13.7. The first kappa shape index (κ1) is 12.2. The van der Waals surface area contributed by atoms with Crippen molar-refractivity contribution < 1.29 is 4.79 Å². The Bertz CT molecular complexity index is 349. The van der Waals surface area contributed by atoms with E-state index in [1.807, 2.05) is 26.0 Å². The second kappa shape index (κ2) is 4.35. The molecule has 0 aliphatic rings. The molecule has 15 heavy (non-hydrogen) atoms. The van der Waals surface area contributed by atoms with Gasteiger partial charge in [-0.1, -0.05) is 20.8 Å². The van der Waals surface area contributed by atoms with Gasteiger partial charge in [0.15, 0.2) is 0 Å². The Hall–Kier alpha value is -0.830. The van der Waals surface area contributed by atoms with Gasteiger partial charge in [-0.2, -0.15) is 0 Å². The molecule has 84 valence electrons. The van der Waals surface area contributed by atoms with Gasteiger partial charge in [-0.25, -0.2) is 0 Å². The zero-order valence-corrected chi connectivity index (χ0v) is 10.9. The first-order valence-electron chi connectivity index (χ1n) is 5.18. The molecule has 0 saturated heterocycles. The van der Waals surface area contributed by atoms with Gasteiger partial charge in [0, 0.05) is 10.9 Å². The third-order valence-electron chi connectivity index (χ3n) is 2.61. The van der Waals surface area contributed by atoms with Crippen LogP contribution in [0.4, 0.5) is 0 Å². The van der Waals surface area contributed by atoms with E-state index in [1.54, 1.807) is 0 Å². The van der Waals surface area contributed by atoms with Crippen molar-refractivity contribution in [1.29, 1.82) is 0 Å². The average Bonchev–Trinajstić information content (AvgIpc) is 2.50. The summed E-state index contributed by atoms with van der Waals surface area (Å²) in [5.41, 5.74) is 0.0992. The molecule has 1 rings (SSSR count). The smallest absolute Gasteiger partial charge is 0.261 e. The van der Waals surface area contributed by atoms with Crippen molar-refractivity contribution in [1.82, 2.24) is 5.32 Å². The summed E-state index contributed by atoms with van der Waals surface area (Å²) in [5, 5.41) is 3.02. The Kier molecular flexibility index (Phi) is 3.55. The average molecular weight is 225 g/mol. The van der Waals surface area contributed by atoms with E-state index in [4.69, 9.17) is 0 Å². The Morgan fingerprint density at radius 2 is 2.00 bits per heavy atom. The summed E-state index contributed by atoms with van der Waals surface area (Å²) in [6, 6.07) is 4.03. The van der Waals surface area contributed by atoms with Crippen molar-refractivity contribution in [3.05, 3.63) is 21.9 Å². The van der Waals surface area contributed by atoms with Crippen LogP contribution < -0.4 is 5.32 Å². The van der Waals surface area contributed by atoms with Crippen LogP contribution in [0.25, 0.3) is 0 Å². The Morgan fingerprint density at radius 1 is 1.40 bits per heavy atom. The molecule has 0 aromatic carbocycles. The maximum Gasteiger partial charge on any atom is 0.261 e. The van der Waals surface area contributed by atoms with Crippen LogP contribution in [0.1, 0.15) is 42.2 Å². The quantitative estimate of drug-likeness (QED) is 0.822. The molecule has 0 fully saturated rings. The first-order valence-corrected chi connectivity index (χ1v) is 5.99. The fraction of sp³-hybridized carbons (Fsp3) is 0.583. The molecule has 0 bridgehead atoms. The van der Waals surface area contributed by atoms with Crippen LogP contribution in [0.5, 0.6) is 0 Å². The van der Waals surface area contributed by atoms with Gasteiger partial charge in [0.25, 0.3) is 5.91 Å². The van der Waals surface area contributed by atoms with Crippen LogP contribution >= 0.6 is 11.3 Å². The van der Waals surface area contributed by atoms with Crippen molar-refractivity contribution in [3.63, 3.8) is 0 Å². The SMILES string of the molecule is Cc1ccc(C(=O)N[C@H](C)C(C)(C)C)s1. The molecule has 0 unspecified atom stereocenters. The zero-order chi connectivity index (χ0) is 11.6. The van der Waals surface area contributed by atoms with Gasteiger partial charge >= 0.3 is 0 Å². The summed E-state index contributed by atoms with van der Waals surface area (Å²) in [7, 11) is 0. The number of aryl methyl sites for hydroxylation is 1. The number of hydrogen-bond acceptors (Lipinski definition) is 2. The molecule has 1 aromatic rings. The highest BCUT2D eigenvalue weighted by atomic mass is 32.1. The predicted molar refractivity (Wildman–Crippen MR) is 65.4 cm³/mol. The van der Waals surface area contributed by atoms with E-state index in [2.05, 4.69) is 26.1 Å². The van der Waals surface area contributed by atoms with Crippen LogP contribution in [0.15, 0.2) is 12.1 Å². The monoisotopic (exact) mass is 225 g/mol. The molecule has 1 heterocycles. The first-order chi connectivity index (χ1) is 6.80. The molecule has 0 radical (unpaired) electrons. The van der Waals surface area contributed by atoms with Gasteiger partial charge in [0.2, 0.25) is 0 Å². The van der Waals surface area contributed by atoms with Gasteiger partial charge in [0.05, 0.1) is 4.88 Å². The van der Waals surface area contributed by atoms with Crippen LogP contribution in [-0.4, -0.2) is 11.9 Å². The highest BCUT2D eigenvalue weighted by Crippen LogP contribution is 2.20. The van der Waals surface area contributed by atoms with Crippen LogP contribution in [0.3, 0.4) is 0 Å². The van der Waals surface area contributed by atoms with Crippen molar-refractivity contribution in [3.8, 4) is 0 Å². The Labute approximate surface area is 95.7 Å². The number of thiophene rings is 1. The molecule has 3 heteroatoms. The molecule has 0 saturated carbocycles. The fourth-order valence-electron chi connectivity index (χ4n) is 1.04. The predicted octanol–water partition coefficient (Wildman–Crippen LogP) is 3.22. The maximum atomic E-state index is 11.8. The van der Waals surface area contributed by atoms with Crippen LogP contribution in [0.2, 0.25) is 0 Å². The molecule has 1 atom stereocenters. The summed E-state index contributed by atoms with van der Waals surface area (Å²) in [4.78, 5) is 13.8. The summed E-state index contributed by atoms with van der Waals surface area (Å²) in [6.07, 6.45) is 0. The minimum Gasteiger partial charge on any atom is -0.348 e. The van der Waals surface area contributed by atoms with E-state index in [9.17, 15) is 4.79 Å². The number of nitrogens with one attached hydrogen (secondary N) is 1. The molecule has 0 aliphatic heterocycles. The topological polar surface area (TPSA) is 29.1 Å². The summed E-state index contributed by atoms with van der Waals surface area (Å²) in [5.74, 6) is 0.0375. The lowest BCUT2D eigenvalue weighted by Crippen LogP contribution is -2.41. The lowest BCUT2D eigenvalue weighted by Gasteiger charge is -2.27. The molecule has 2 nitrogen and oxygen atoms in total. The fourth-order valence-corrected chi connectivity index (χ4v) is 1.81. The molecular weight excluding hydrogens is 206 g/mol. The summed E-state index contributed by atoms with van der Waals surface area (Å²) < 4.78 is 0. The van der Waals surface area contributed by atoms with Gasteiger partial charge in [-0.15, -0.1) is 11.3 Å². The lowest BCUT2D eigenvalue weighted by molar-refractivity contribution is 0.0914. The van der Waals surface area contributed by atoms with Crippen molar-refractivity contribution in [2.75, 3.05) is 0 Å². The summed E-state index contributed by atoms with van der Waals surface area (Å²) >= 11 is 1.54. The molecule has 0 aliphatic carbocycles. The molecular formula is C12H19NOS. The highest BCUT2D eigenvalue weighted by molar-refractivity contribution is 7.13. The number of carbonyl (C=O) groups excluding carboxylic acids is 1. The second-order valence-corrected chi connectivity index (χ2v) is 6.26. The summed E-state index contributed by atoms with van der Waals surface area (Å²) in [6.45, 7) is 10.4. The van der Waals surface area contributed by atoms with Gasteiger partial charge in [-0.3, -0.25) is 4.79 Å². The van der Waals surface area contributed by atoms with E-state index < -0.39 is 0 Å². The van der Waals surface area contributed by atoms with Crippen LogP contribution in [0, 0.1) is 12.3 Å². The number of hydrogen-bond donors (Lipinski definition) is 1. The number of carbonyl (C=O) groups is 1. The van der Waals surface area contributed by atoms with Crippen molar-refractivity contribution in [2.24, 2.45) is 5.41 Å². The second-order valence-electron chi connectivity index (χ2n) is 4.97. The largest absolute Gasteiger partial charge is 0.348 e. The van der Waals surface area contributed by atoms with Gasteiger partial charge in [0.1, 0.15) is 0 Å². The van der Waals surface area contributed by atoms with Gasteiger partial charge in [-0.05, 0) is 31.4 Å². The third kappa shape index (κ3) is 3.34. The van der Waals surface area contributed by atoms with E-state index in [1.165, 1.54) is 16.2 Å². The van der Waals surface area contributed by atoms with Crippen LogP contribution in [-0.2, 0) is 0 Å². The van der Waals surface area contributed by atoms with Crippen molar-refractivity contribution in [2.45, 2.75) is 40.7 Å². The van der Waals surface area contributed by atoms with E-state index in [0.717, 1.165) is 4.88 Å². The highest BCUT2D eigenvalue weighted by Gasteiger charge is 2.22. The lowest BCUT2D eigenvalue weighted by atomic mass is 9.88. The number of amides is 1. The number of rotatable bonds is 2. The van der Waals surface area contributed by atoms with E-state index in [-0.39, 0.29) is 17.4 Å². The molecule has 0 spiro atoms. The minimum absolute atomic E-state index is 0.0375. The third-order valence-corrected chi connectivity index (χ3v) is 3.61. The standard InChI is InChI=1S/C12H19NOS/c1-8-6-7-10(15-8)11(14)13-9(2)12(3,4)5/h6-7,9H,1-5H3,(H,13,14)/t9-/m1/s1.